The van der Waals surface area contributed by atoms with E-state index in [-0.39, 0.29) is 18.4 Å². The zero-order chi connectivity index (χ0) is 18.8. The van der Waals surface area contributed by atoms with E-state index in [2.05, 4.69) is 10.4 Å². The molecule has 1 saturated heterocycles. The molecule has 4 rings (SSSR count). The van der Waals surface area contributed by atoms with E-state index in [1.165, 1.54) is 0 Å². The van der Waals surface area contributed by atoms with Gasteiger partial charge in [-0.3, -0.25) is 14.3 Å². The van der Waals surface area contributed by atoms with Gasteiger partial charge in [0.2, 0.25) is 5.91 Å². The van der Waals surface area contributed by atoms with Crippen LogP contribution in [-0.2, 0) is 11.3 Å². The van der Waals surface area contributed by atoms with Crippen LogP contribution in [0.1, 0.15) is 23.3 Å². The van der Waals surface area contributed by atoms with Crippen LogP contribution in [0.15, 0.2) is 48.5 Å². The predicted molar refractivity (Wildman–Crippen MR) is 105 cm³/mol. The molecule has 27 heavy (non-hydrogen) atoms. The first kappa shape index (κ1) is 17.5. The molecule has 1 fully saturated rings. The average molecular weight is 383 g/mol. The van der Waals surface area contributed by atoms with Crippen molar-refractivity contribution in [2.75, 3.05) is 18.4 Å². The Kier molecular flexibility index (Phi) is 4.81. The number of hydrogen-bond acceptors (Lipinski definition) is 3. The van der Waals surface area contributed by atoms with Crippen molar-refractivity contribution in [3.05, 3.63) is 59.2 Å². The summed E-state index contributed by atoms with van der Waals surface area (Å²) in [5.74, 6) is -0.302. The third kappa shape index (κ3) is 3.66. The van der Waals surface area contributed by atoms with Crippen LogP contribution in [0.4, 0.5) is 5.69 Å². The van der Waals surface area contributed by atoms with Crippen molar-refractivity contribution in [3.63, 3.8) is 0 Å². The summed E-state index contributed by atoms with van der Waals surface area (Å²) in [6.45, 7) is 1.53. The second kappa shape index (κ2) is 7.40. The average Bonchev–Trinajstić information content (AvgIpc) is 3.30. The number of nitrogens with zero attached hydrogens (tertiary/aromatic N) is 3. The molecule has 0 unspecified atom stereocenters. The summed E-state index contributed by atoms with van der Waals surface area (Å²) < 4.78 is 1.58. The van der Waals surface area contributed by atoms with Gasteiger partial charge in [-0.2, -0.15) is 5.10 Å². The van der Waals surface area contributed by atoms with Gasteiger partial charge in [-0.15, -0.1) is 0 Å². The SMILES string of the molecule is O=C(Cn1nc(C(=O)N2CCCC2)c2ccccc21)Nc1cccc(Cl)c1. The largest absolute Gasteiger partial charge is 0.337 e. The van der Waals surface area contributed by atoms with Crippen molar-refractivity contribution in [2.24, 2.45) is 0 Å². The van der Waals surface area contributed by atoms with Gasteiger partial charge >= 0.3 is 0 Å². The molecule has 0 bridgehead atoms. The lowest BCUT2D eigenvalue weighted by Gasteiger charge is -2.13. The van der Waals surface area contributed by atoms with Gasteiger partial charge in [0, 0.05) is 29.2 Å². The fourth-order valence-electron chi connectivity index (χ4n) is 3.38. The number of likely N-dealkylation sites (tertiary alicyclic amines) is 1. The molecule has 1 N–H and O–H groups in total. The third-order valence-corrected chi connectivity index (χ3v) is 4.89. The highest BCUT2D eigenvalue weighted by Crippen LogP contribution is 2.22. The fraction of sp³-hybridized carbons (Fsp3) is 0.250. The van der Waals surface area contributed by atoms with Gasteiger partial charge in [0.25, 0.3) is 5.91 Å². The van der Waals surface area contributed by atoms with E-state index >= 15 is 0 Å². The van der Waals surface area contributed by atoms with E-state index in [1.807, 2.05) is 29.2 Å². The number of amides is 2. The Bertz CT molecular complexity index is 1010. The van der Waals surface area contributed by atoms with Crippen molar-refractivity contribution in [1.82, 2.24) is 14.7 Å². The molecule has 0 atom stereocenters. The molecule has 0 spiro atoms. The maximum absolute atomic E-state index is 12.8. The van der Waals surface area contributed by atoms with Crippen molar-refractivity contribution < 1.29 is 9.59 Å². The number of aromatic nitrogens is 2. The molecular formula is C20H19ClN4O2. The van der Waals surface area contributed by atoms with Crippen LogP contribution >= 0.6 is 11.6 Å². The highest BCUT2D eigenvalue weighted by Gasteiger charge is 2.25. The van der Waals surface area contributed by atoms with Crippen molar-refractivity contribution in [2.45, 2.75) is 19.4 Å². The minimum absolute atomic E-state index is 0.0142. The van der Waals surface area contributed by atoms with Crippen LogP contribution < -0.4 is 5.32 Å². The Morgan fingerprint density at radius 3 is 2.63 bits per heavy atom. The number of halogens is 1. The smallest absolute Gasteiger partial charge is 0.275 e. The Morgan fingerprint density at radius 2 is 1.85 bits per heavy atom. The quantitative estimate of drug-likeness (QED) is 0.750. The lowest BCUT2D eigenvalue weighted by atomic mass is 10.2. The standard InChI is InChI=1S/C20H19ClN4O2/c21-14-6-5-7-15(12-14)22-18(26)13-25-17-9-2-1-8-16(17)19(23-25)20(27)24-10-3-4-11-24/h1-2,5-9,12H,3-4,10-11,13H2,(H,22,26). The molecule has 3 aromatic rings. The molecular weight excluding hydrogens is 364 g/mol. The van der Waals surface area contributed by atoms with Gasteiger partial charge in [-0.05, 0) is 37.1 Å². The summed E-state index contributed by atoms with van der Waals surface area (Å²) in [5, 5.41) is 8.60. The second-order valence-corrected chi connectivity index (χ2v) is 7.02. The zero-order valence-electron chi connectivity index (χ0n) is 14.7. The number of benzene rings is 2. The van der Waals surface area contributed by atoms with Gasteiger partial charge in [0.05, 0.1) is 5.52 Å². The zero-order valence-corrected chi connectivity index (χ0v) is 15.4. The Hall–Kier alpha value is -2.86. The summed E-state index contributed by atoms with van der Waals surface area (Å²) in [5.41, 5.74) is 1.79. The normalized spacial score (nSPS) is 13.9. The number of para-hydroxylation sites is 1. The monoisotopic (exact) mass is 382 g/mol. The number of rotatable bonds is 4. The highest BCUT2D eigenvalue weighted by atomic mass is 35.5. The summed E-state index contributed by atoms with van der Waals surface area (Å²) in [6.07, 6.45) is 2.04. The molecule has 2 heterocycles. The fourth-order valence-corrected chi connectivity index (χ4v) is 3.57. The van der Waals surface area contributed by atoms with E-state index in [4.69, 9.17) is 11.6 Å². The van der Waals surface area contributed by atoms with E-state index < -0.39 is 0 Å². The van der Waals surface area contributed by atoms with E-state index in [9.17, 15) is 9.59 Å². The molecule has 7 heteroatoms. The van der Waals surface area contributed by atoms with Gasteiger partial charge in [0.1, 0.15) is 6.54 Å². The van der Waals surface area contributed by atoms with E-state index in [1.54, 1.807) is 28.9 Å². The topological polar surface area (TPSA) is 67.2 Å². The molecule has 0 radical (unpaired) electrons. The van der Waals surface area contributed by atoms with Crippen LogP contribution in [0.5, 0.6) is 0 Å². The molecule has 1 aliphatic heterocycles. The Labute approximate surface area is 161 Å². The summed E-state index contributed by atoms with van der Waals surface area (Å²) >= 11 is 5.96. The molecule has 1 aliphatic rings. The minimum Gasteiger partial charge on any atom is -0.337 e. The van der Waals surface area contributed by atoms with Crippen molar-refractivity contribution >= 4 is 40.0 Å². The minimum atomic E-state index is -0.231. The van der Waals surface area contributed by atoms with Gasteiger partial charge in [-0.1, -0.05) is 35.9 Å². The van der Waals surface area contributed by atoms with E-state index in [0.29, 0.717) is 16.4 Å². The van der Waals surface area contributed by atoms with Gasteiger partial charge in [0.15, 0.2) is 5.69 Å². The number of carbonyl (C=O) groups is 2. The van der Waals surface area contributed by atoms with Gasteiger partial charge < -0.3 is 10.2 Å². The first-order chi connectivity index (χ1) is 13.1. The molecule has 138 valence electrons. The van der Waals surface area contributed by atoms with Crippen molar-refractivity contribution in [3.8, 4) is 0 Å². The van der Waals surface area contributed by atoms with Gasteiger partial charge in [-0.25, -0.2) is 0 Å². The number of fused-ring (bicyclic) bond motifs is 1. The second-order valence-electron chi connectivity index (χ2n) is 6.58. The first-order valence-electron chi connectivity index (χ1n) is 8.92. The Balaban J connectivity index is 1.60. The summed E-state index contributed by atoms with van der Waals surface area (Å²) in [6, 6.07) is 14.5. The van der Waals surface area contributed by atoms with Crippen molar-refractivity contribution in [1.29, 1.82) is 0 Å². The highest BCUT2D eigenvalue weighted by molar-refractivity contribution is 6.30. The maximum atomic E-state index is 12.8. The molecule has 6 nitrogen and oxygen atoms in total. The number of anilines is 1. The number of carbonyl (C=O) groups excluding carboxylic acids is 2. The van der Waals surface area contributed by atoms with Crippen LogP contribution in [0, 0.1) is 0 Å². The summed E-state index contributed by atoms with van der Waals surface area (Å²) in [7, 11) is 0. The van der Waals surface area contributed by atoms with Crippen LogP contribution in [-0.4, -0.2) is 39.6 Å². The predicted octanol–water partition coefficient (Wildman–Crippen LogP) is 3.56. The lowest BCUT2D eigenvalue weighted by molar-refractivity contribution is -0.116. The Morgan fingerprint density at radius 1 is 1.07 bits per heavy atom. The van der Waals surface area contributed by atoms with Crippen LogP contribution in [0.3, 0.4) is 0 Å². The molecule has 0 saturated carbocycles. The lowest BCUT2D eigenvalue weighted by Crippen LogP contribution is -2.28. The summed E-state index contributed by atoms with van der Waals surface area (Å²) in [4.78, 5) is 27.1. The van der Waals surface area contributed by atoms with E-state index in [0.717, 1.165) is 36.8 Å². The molecule has 0 aliphatic carbocycles. The molecule has 2 amide bonds. The third-order valence-electron chi connectivity index (χ3n) is 4.66. The molecule has 1 aromatic heterocycles. The van der Waals surface area contributed by atoms with Crippen LogP contribution in [0.25, 0.3) is 10.9 Å². The molecule has 2 aromatic carbocycles. The number of hydrogen-bond donors (Lipinski definition) is 1. The number of nitrogens with one attached hydrogen (secondary N) is 1. The first-order valence-corrected chi connectivity index (χ1v) is 9.30. The maximum Gasteiger partial charge on any atom is 0.275 e. The van der Waals surface area contributed by atoms with Crippen LogP contribution in [0.2, 0.25) is 5.02 Å².